The molecule has 2 atom stereocenters. The molecule has 1 heterocycles. The van der Waals surface area contributed by atoms with E-state index >= 15 is 0 Å². The van der Waals surface area contributed by atoms with Gasteiger partial charge in [0.05, 0.1) is 3.57 Å². The second-order valence-corrected chi connectivity index (χ2v) is 5.64. The number of anilines is 1. The Morgan fingerprint density at radius 1 is 1.44 bits per heavy atom. The van der Waals surface area contributed by atoms with Gasteiger partial charge in [-0.25, -0.2) is 9.97 Å². The Bertz CT molecular complexity index is 348. The fraction of sp³-hybridized carbons (Fsp3) is 0.636. The summed E-state index contributed by atoms with van der Waals surface area (Å²) in [5, 5.41) is 3.51. The molecular formula is C11H15ClIN3. The van der Waals surface area contributed by atoms with Crippen LogP contribution < -0.4 is 5.32 Å². The van der Waals surface area contributed by atoms with E-state index in [1.54, 1.807) is 6.33 Å². The lowest BCUT2D eigenvalue weighted by Gasteiger charge is -2.31. The van der Waals surface area contributed by atoms with Crippen molar-refractivity contribution >= 4 is 40.0 Å². The van der Waals surface area contributed by atoms with Gasteiger partial charge in [-0.1, -0.05) is 12.8 Å². The topological polar surface area (TPSA) is 37.8 Å². The zero-order valence-electron chi connectivity index (χ0n) is 9.00. The first-order chi connectivity index (χ1) is 7.81. The molecule has 0 radical (unpaired) electrons. The Morgan fingerprint density at radius 2 is 2.25 bits per heavy atom. The molecule has 1 N–H and O–H groups in total. The zero-order chi connectivity index (χ0) is 11.4. The van der Waals surface area contributed by atoms with Crippen LogP contribution in [-0.2, 0) is 0 Å². The van der Waals surface area contributed by atoms with E-state index in [0.717, 1.165) is 15.3 Å². The van der Waals surface area contributed by atoms with Crippen LogP contribution >= 0.6 is 34.2 Å². The van der Waals surface area contributed by atoms with Crippen molar-refractivity contribution in [3.63, 3.8) is 0 Å². The molecule has 1 aromatic rings. The van der Waals surface area contributed by atoms with Crippen LogP contribution in [0, 0.1) is 9.49 Å². The maximum Gasteiger partial charge on any atom is 0.143 e. The summed E-state index contributed by atoms with van der Waals surface area (Å²) in [6, 6.07) is 0.467. The predicted octanol–water partition coefficient (Wildman–Crippen LogP) is 3.29. The number of nitrogens with zero attached hydrogens (tertiary/aromatic N) is 2. The van der Waals surface area contributed by atoms with Crippen LogP contribution in [-0.4, -0.2) is 21.9 Å². The summed E-state index contributed by atoms with van der Waals surface area (Å²) in [6.07, 6.45) is 8.42. The van der Waals surface area contributed by atoms with Gasteiger partial charge in [0.1, 0.15) is 12.1 Å². The van der Waals surface area contributed by atoms with Gasteiger partial charge in [0.2, 0.25) is 0 Å². The molecule has 1 aromatic heterocycles. The van der Waals surface area contributed by atoms with Crippen LogP contribution in [0.25, 0.3) is 0 Å². The van der Waals surface area contributed by atoms with E-state index in [1.165, 1.54) is 25.7 Å². The van der Waals surface area contributed by atoms with Crippen LogP contribution in [0.5, 0.6) is 0 Å². The van der Waals surface area contributed by atoms with E-state index < -0.39 is 0 Å². The lowest BCUT2D eigenvalue weighted by Crippen LogP contribution is -2.33. The van der Waals surface area contributed by atoms with Gasteiger partial charge in [-0.15, -0.1) is 11.6 Å². The maximum absolute atomic E-state index is 6.01. The normalized spacial score (nSPS) is 25.4. The van der Waals surface area contributed by atoms with E-state index in [0.29, 0.717) is 12.0 Å². The molecule has 0 aromatic carbocycles. The third-order valence-electron chi connectivity index (χ3n) is 3.10. The summed E-state index contributed by atoms with van der Waals surface area (Å²) in [7, 11) is 0. The molecule has 0 aliphatic heterocycles. The predicted molar refractivity (Wildman–Crippen MR) is 74.8 cm³/mol. The van der Waals surface area contributed by atoms with E-state index in [-0.39, 0.29) is 0 Å². The molecule has 1 aliphatic carbocycles. The number of hydrogen-bond donors (Lipinski definition) is 1. The first-order valence-corrected chi connectivity index (χ1v) is 7.20. The number of halogens is 2. The van der Waals surface area contributed by atoms with Gasteiger partial charge in [0.25, 0.3) is 0 Å². The van der Waals surface area contributed by atoms with E-state index in [4.69, 9.17) is 11.6 Å². The van der Waals surface area contributed by atoms with E-state index in [1.807, 2.05) is 6.20 Å². The molecule has 0 spiro atoms. The highest BCUT2D eigenvalue weighted by Gasteiger charge is 2.24. The highest BCUT2D eigenvalue weighted by molar-refractivity contribution is 14.1. The molecule has 2 rings (SSSR count). The van der Waals surface area contributed by atoms with Crippen molar-refractivity contribution < 1.29 is 0 Å². The summed E-state index contributed by atoms with van der Waals surface area (Å²) in [5.74, 6) is 2.25. The quantitative estimate of drug-likeness (QED) is 0.671. The number of aromatic nitrogens is 2. The molecule has 5 heteroatoms. The van der Waals surface area contributed by atoms with Gasteiger partial charge in [0.15, 0.2) is 0 Å². The van der Waals surface area contributed by atoms with Crippen LogP contribution in [0.3, 0.4) is 0 Å². The Hall–Kier alpha value is -0.100. The summed E-state index contributed by atoms with van der Waals surface area (Å²) in [6.45, 7) is 0. The second-order valence-electron chi connectivity index (χ2n) is 4.17. The van der Waals surface area contributed by atoms with Crippen molar-refractivity contribution in [1.82, 2.24) is 9.97 Å². The van der Waals surface area contributed by atoms with Crippen molar-refractivity contribution in [1.29, 1.82) is 0 Å². The standard InChI is InChI=1S/C11H15ClIN3/c12-5-8-3-1-2-4-10(8)16-11-9(13)6-14-7-15-11/h6-8,10H,1-5H2,(H,14,15,16). The molecule has 88 valence electrons. The average molecular weight is 352 g/mol. The minimum atomic E-state index is 0.467. The third-order valence-corrected chi connectivity index (χ3v) is 4.28. The molecule has 16 heavy (non-hydrogen) atoms. The summed E-state index contributed by atoms with van der Waals surface area (Å²) in [4.78, 5) is 8.26. The summed E-state index contributed by atoms with van der Waals surface area (Å²) in [5.41, 5.74) is 0. The lowest BCUT2D eigenvalue weighted by molar-refractivity contribution is 0.352. The highest BCUT2D eigenvalue weighted by Crippen LogP contribution is 2.28. The molecule has 0 saturated heterocycles. The Kier molecular flexibility index (Phi) is 4.64. The van der Waals surface area contributed by atoms with Gasteiger partial charge in [-0.05, 0) is 41.4 Å². The molecule has 3 nitrogen and oxygen atoms in total. The molecule has 0 bridgehead atoms. The van der Waals surface area contributed by atoms with Crippen LogP contribution in [0.15, 0.2) is 12.5 Å². The molecular weight excluding hydrogens is 336 g/mol. The SMILES string of the molecule is ClCC1CCCCC1Nc1ncncc1I. The first kappa shape index (κ1) is 12.4. The van der Waals surface area contributed by atoms with E-state index in [9.17, 15) is 0 Å². The number of rotatable bonds is 3. The monoisotopic (exact) mass is 351 g/mol. The van der Waals surface area contributed by atoms with Crippen LogP contribution in [0.2, 0.25) is 0 Å². The van der Waals surface area contributed by atoms with Crippen LogP contribution in [0.1, 0.15) is 25.7 Å². The zero-order valence-corrected chi connectivity index (χ0v) is 11.9. The van der Waals surface area contributed by atoms with Crippen molar-refractivity contribution in [2.45, 2.75) is 31.7 Å². The average Bonchev–Trinajstić information content (AvgIpc) is 2.33. The fourth-order valence-corrected chi connectivity index (χ4v) is 3.00. The van der Waals surface area contributed by atoms with Gasteiger partial charge >= 0.3 is 0 Å². The highest BCUT2D eigenvalue weighted by atomic mass is 127. The molecule has 1 saturated carbocycles. The third kappa shape index (κ3) is 2.97. The second kappa shape index (κ2) is 6.00. The lowest BCUT2D eigenvalue weighted by atomic mass is 9.86. The smallest absolute Gasteiger partial charge is 0.143 e. The fourth-order valence-electron chi connectivity index (χ4n) is 2.18. The van der Waals surface area contributed by atoms with Gasteiger partial charge in [-0.3, -0.25) is 0 Å². The summed E-state index contributed by atoms with van der Waals surface area (Å²) < 4.78 is 1.07. The largest absolute Gasteiger partial charge is 0.366 e. The molecule has 0 amide bonds. The molecule has 2 unspecified atom stereocenters. The van der Waals surface area contributed by atoms with Gasteiger partial charge in [0, 0.05) is 18.1 Å². The van der Waals surface area contributed by atoms with Crippen molar-refractivity contribution in [3.8, 4) is 0 Å². The number of hydrogen-bond acceptors (Lipinski definition) is 3. The van der Waals surface area contributed by atoms with Gasteiger partial charge in [-0.2, -0.15) is 0 Å². The molecule has 1 aliphatic rings. The minimum absolute atomic E-state index is 0.467. The van der Waals surface area contributed by atoms with Crippen molar-refractivity contribution in [3.05, 3.63) is 16.1 Å². The number of alkyl halides is 1. The Balaban J connectivity index is 2.05. The Labute approximate surface area is 115 Å². The Morgan fingerprint density at radius 3 is 3.00 bits per heavy atom. The van der Waals surface area contributed by atoms with Crippen molar-refractivity contribution in [2.24, 2.45) is 5.92 Å². The maximum atomic E-state index is 6.01. The van der Waals surface area contributed by atoms with Gasteiger partial charge < -0.3 is 5.32 Å². The van der Waals surface area contributed by atoms with Crippen LogP contribution in [0.4, 0.5) is 5.82 Å². The molecule has 1 fully saturated rings. The van der Waals surface area contributed by atoms with Crippen molar-refractivity contribution in [2.75, 3.05) is 11.2 Å². The minimum Gasteiger partial charge on any atom is -0.366 e. The first-order valence-electron chi connectivity index (χ1n) is 5.59. The number of nitrogens with one attached hydrogen (secondary N) is 1. The van der Waals surface area contributed by atoms with E-state index in [2.05, 4.69) is 37.9 Å². The summed E-state index contributed by atoms with van der Waals surface area (Å²) >= 11 is 8.26.